The number of benzene rings is 3. The van der Waals surface area contributed by atoms with E-state index >= 15 is 0 Å². The van der Waals surface area contributed by atoms with Gasteiger partial charge in [-0.2, -0.15) is 0 Å². The molecule has 3 aromatic carbocycles. The first kappa shape index (κ1) is 33.6. The van der Waals surface area contributed by atoms with Crippen LogP contribution in [0.4, 0.5) is 0 Å². The van der Waals surface area contributed by atoms with Crippen LogP contribution in [0.1, 0.15) is 36.0 Å². The van der Waals surface area contributed by atoms with Gasteiger partial charge in [-0.15, -0.1) is 0 Å². The maximum atomic E-state index is 13.9. The Morgan fingerprint density at radius 1 is 0.913 bits per heavy atom. The molecule has 1 heterocycles. The molecule has 46 heavy (non-hydrogen) atoms. The van der Waals surface area contributed by atoms with Gasteiger partial charge in [0.1, 0.15) is 17.8 Å². The number of aromatic hydroxyl groups is 1. The molecular formula is C35H43N7O4. The normalized spacial score (nSPS) is 12.2. The molecular weight excluding hydrogens is 582 g/mol. The van der Waals surface area contributed by atoms with Crippen LogP contribution >= 0.6 is 0 Å². The Balaban J connectivity index is 1.45. The minimum absolute atomic E-state index is 0.0425. The van der Waals surface area contributed by atoms with Gasteiger partial charge >= 0.3 is 0 Å². The average Bonchev–Trinajstić information content (AvgIpc) is 3.47. The second kappa shape index (κ2) is 16.7. The molecule has 3 amide bonds. The van der Waals surface area contributed by atoms with E-state index in [2.05, 4.69) is 20.6 Å². The summed E-state index contributed by atoms with van der Waals surface area (Å²) in [7, 11) is 1.61. The predicted molar refractivity (Wildman–Crippen MR) is 180 cm³/mol. The van der Waals surface area contributed by atoms with Crippen molar-refractivity contribution in [1.82, 2.24) is 20.5 Å². The van der Waals surface area contributed by atoms with Crippen molar-refractivity contribution in [3.05, 3.63) is 102 Å². The van der Waals surface area contributed by atoms with Gasteiger partial charge in [0.25, 0.3) is 0 Å². The summed E-state index contributed by atoms with van der Waals surface area (Å²) in [5.41, 5.74) is 14.8. The summed E-state index contributed by atoms with van der Waals surface area (Å²) < 4.78 is 0. The Morgan fingerprint density at radius 3 is 2.37 bits per heavy atom. The quantitative estimate of drug-likeness (QED) is 0.0633. The number of carbonyl (C=O) groups is 3. The fourth-order valence-corrected chi connectivity index (χ4v) is 5.33. The van der Waals surface area contributed by atoms with E-state index in [1.54, 1.807) is 31.3 Å². The maximum Gasteiger partial charge on any atom is 0.243 e. The molecule has 0 aliphatic carbocycles. The number of amides is 3. The van der Waals surface area contributed by atoms with Gasteiger partial charge in [0.05, 0.1) is 0 Å². The van der Waals surface area contributed by atoms with Crippen LogP contribution in [-0.4, -0.2) is 70.9 Å². The molecule has 11 nitrogen and oxygen atoms in total. The smallest absolute Gasteiger partial charge is 0.243 e. The second-order valence-electron chi connectivity index (χ2n) is 11.3. The summed E-state index contributed by atoms with van der Waals surface area (Å²) in [4.78, 5) is 49.4. The topological polar surface area (TPSA) is 179 Å². The number of H-pyrrole nitrogens is 1. The van der Waals surface area contributed by atoms with Crippen LogP contribution in [0.15, 0.2) is 90.1 Å². The lowest BCUT2D eigenvalue weighted by atomic mass is 10.0. The van der Waals surface area contributed by atoms with Gasteiger partial charge < -0.3 is 37.1 Å². The first-order valence-electron chi connectivity index (χ1n) is 15.5. The molecule has 0 radical (unpaired) electrons. The summed E-state index contributed by atoms with van der Waals surface area (Å²) in [6.45, 7) is 0.685. The third-order valence-electron chi connectivity index (χ3n) is 7.95. The molecule has 0 spiro atoms. The molecule has 0 aliphatic rings. The number of fused-ring (bicyclic) bond motifs is 1. The van der Waals surface area contributed by atoms with Crippen molar-refractivity contribution in [2.45, 2.75) is 50.6 Å². The van der Waals surface area contributed by atoms with Crippen LogP contribution in [0.5, 0.6) is 5.75 Å². The lowest BCUT2D eigenvalue weighted by Crippen LogP contribution is -2.55. The van der Waals surface area contributed by atoms with Crippen LogP contribution in [0.2, 0.25) is 0 Å². The highest BCUT2D eigenvalue weighted by molar-refractivity contribution is 5.92. The Labute approximate surface area is 269 Å². The van der Waals surface area contributed by atoms with Crippen molar-refractivity contribution >= 4 is 34.6 Å². The molecule has 0 unspecified atom stereocenters. The van der Waals surface area contributed by atoms with E-state index in [0.29, 0.717) is 38.8 Å². The van der Waals surface area contributed by atoms with Crippen molar-refractivity contribution in [2.75, 3.05) is 20.1 Å². The Bertz CT molecular complexity index is 1610. The highest BCUT2D eigenvalue weighted by atomic mass is 16.3. The molecule has 242 valence electrons. The molecule has 8 N–H and O–H groups in total. The van der Waals surface area contributed by atoms with Gasteiger partial charge in [0, 0.05) is 50.1 Å². The molecule has 0 bridgehead atoms. The number of aryl methyl sites for hydroxylation is 1. The first-order chi connectivity index (χ1) is 22.2. The van der Waals surface area contributed by atoms with E-state index in [4.69, 9.17) is 11.5 Å². The second-order valence-corrected chi connectivity index (χ2v) is 11.3. The zero-order valence-electron chi connectivity index (χ0n) is 26.1. The number of nitrogens with zero attached hydrogens (tertiary/aromatic N) is 2. The van der Waals surface area contributed by atoms with Gasteiger partial charge in [-0.25, -0.2) is 0 Å². The summed E-state index contributed by atoms with van der Waals surface area (Å²) in [5.74, 6) is -0.849. The molecule has 0 aliphatic heterocycles. The molecule has 0 fully saturated rings. The van der Waals surface area contributed by atoms with Crippen LogP contribution in [0.25, 0.3) is 10.9 Å². The lowest BCUT2D eigenvalue weighted by molar-refractivity contribution is -0.140. The van der Waals surface area contributed by atoms with E-state index in [1.165, 1.54) is 4.90 Å². The first-order valence-corrected chi connectivity index (χ1v) is 15.5. The number of aromatic amines is 1. The van der Waals surface area contributed by atoms with E-state index in [9.17, 15) is 19.5 Å². The SMILES string of the molecule is CN(C(=O)CCc1ccc(O)cc1)[C@@H](Cc1ccccc1)C(=O)N[C@@H](CCCN=C(N)N)C(=O)NCCc1c[nH]c2ccccc12. The van der Waals surface area contributed by atoms with Crippen LogP contribution in [0, 0.1) is 0 Å². The van der Waals surface area contributed by atoms with Crippen molar-refractivity contribution in [3.8, 4) is 5.75 Å². The lowest BCUT2D eigenvalue weighted by Gasteiger charge is -2.29. The summed E-state index contributed by atoms with van der Waals surface area (Å²) in [5, 5.41) is 16.6. The van der Waals surface area contributed by atoms with Crippen LogP contribution in [-0.2, 0) is 33.6 Å². The highest BCUT2D eigenvalue weighted by Crippen LogP contribution is 2.18. The number of guanidine groups is 1. The Kier molecular flexibility index (Phi) is 12.2. The number of hydrogen-bond donors (Lipinski definition) is 6. The molecule has 0 saturated heterocycles. The highest BCUT2D eigenvalue weighted by Gasteiger charge is 2.30. The minimum atomic E-state index is -0.858. The van der Waals surface area contributed by atoms with Gasteiger partial charge in [-0.1, -0.05) is 60.7 Å². The van der Waals surface area contributed by atoms with E-state index in [-0.39, 0.29) is 36.4 Å². The third-order valence-corrected chi connectivity index (χ3v) is 7.95. The number of aliphatic imine (C=N–C) groups is 1. The number of para-hydroxylation sites is 1. The van der Waals surface area contributed by atoms with Crippen molar-refractivity contribution in [2.24, 2.45) is 16.5 Å². The molecule has 4 aromatic rings. The number of hydrogen-bond acceptors (Lipinski definition) is 5. The molecule has 11 heteroatoms. The standard InChI is InChI=1S/C35H43N7O4/c1-42(32(44)18-15-24-13-16-27(43)17-14-24)31(22-25-8-3-2-4-9-25)34(46)41-30(12-7-20-39-35(36)37)33(45)38-21-19-26-23-40-29-11-6-5-10-28(26)29/h2-6,8-11,13-14,16-17,23,30-31,40,43H,7,12,15,18-22H2,1H3,(H,38,45)(H,41,46)(H4,36,37,39)/t30-,31-/m0/s1. The number of carbonyl (C=O) groups excluding carboxylic acids is 3. The van der Waals surface area contributed by atoms with Crippen LogP contribution in [0.3, 0.4) is 0 Å². The number of aromatic nitrogens is 1. The van der Waals surface area contributed by atoms with E-state index in [1.807, 2.05) is 60.8 Å². The van der Waals surface area contributed by atoms with Crippen molar-refractivity contribution < 1.29 is 19.5 Å². The number of rotatable bonds is 16. The minimum Gasteiger partial charge on any atom is -0.508 e. The average molecular weight is 626 g/mol. The monoisotopic (exact) mass is 625 g/mol. The number of nitrogens with one attached hydrogen (secondary N) is 3. The van der Waals surface area contributed by atoms with Gasteiger partial charge in [0.15, 0.2) is 5.96 Å². The molecule has 2 atom stereocenters. The van der Waals surface area contributed by atoms with Gasteiger partial charge in [-0.05, 0) is 60.6 Å². The van der Waals surface area contributed by atoms with Crippen molar-refractivity contribution in [3.63, 3.8) is 0 Å². The predicted octanol–water partition coefficient (Wildman–Crippen LogP) is 2.77. The van der Waals surface area contributed by atoms with Crippen molar-refractivity contribution in [1.29, 1.82) is 0 Å². The summed E-state index contributed by atoms with van der Waals surface area (Å²) in [6.07, 6.45) is 4.22. The fraction of sp³-hybridized carbons (Fsp3) is 0.314. The summed E-state index contributed by atoms with van der Waals surface area (Å²) in [6, 6.07) is 22.4. The summed E-state index contributed by atoms with van der Waals surface area (Å²) >= 11 is 0. The maximum absolute atomic E-state index is 13.9. The third kappa shape index (κ3) is 9.85. The number of likely N-dealkylation sites (N-methyl/N-ethyl adjacent to an activating group) is 1. The van der Waals surface area contributed by atoms with Gasteiger partial charge in [0.2, 0.25) is 17.7 Å². The largest absolute Gasteiger partial charge is 0.508 e. The van der Waals surface area contributed by atoms with Gasteiger partial charge in [-0.3, -0.25) is 19.4 Å². The molecule has 4 rings (SSSR count). The number of phenols is 1. The fourth-order valence-electron chi connectivity index (χ4n) is 5.33. The van der Waals surface area contributed by atoms with E-state index in [0.717, 1.165) is 27.6 Å². The number of nitrogens with two attached hydrogens (primary N) is 2. The molecule has 0 saturated carbocycles. The zero-order valence-corrected chi connectivity index (χ0v) is 26.1. The van der Waals surface area contributed by atoms with Crippen LogP contribution < -0.4 is 22.1 Å². The zero-order chi connectivity index (χ0) is 32.9. The Hall–Kier alpha value is -5.32. The number of phenolic OH excluding ortho intramolecular Hbond substituents is 1. The molecule has 1 aromatic heterocycles. The van der Waals surface area contributed by atoms with E-state index < -0.39 is 18.0 Å². The Morgan fingerprint density at radius 2 is 1.63 bits per heavy atom.